The van der Waals surface area contributed by atoms with Gasteiger partial charge in [0.15, 0.2) is 11.6 Å². The molecule has 8 aromatic rings. The molecule has 6 aromatic carbocycles. The molecule has 0 amide bonds. The standard InChI is InChI=1S/C20H16N2O.C13H10N2O.C6H6N2O2/c1-3-9-16(10-4-1)15-23-22-19-14-8-7-13-18(19)21-20(22)17-11-5-2-6-12-17;16-15-12-9-5-4-8-11(12)14-13(15)10-6-2-1-3-7-10;7-5-3-1-2-4-6(5)8(9)10/h1-14H,15H2;1-9,16H;1-4H,7H2. The van der Waals surface area contributed by atoms with Crippen molar-refractivity contribution >= 4 is 33.4 Å². The van der Waals surface area contributed by atoms with Gasteiger partial charge < -0.3 is 15.8 Å². The molecule has 0 aliphatic carbocycles. The number of nitro groups is 1. The van der Waals surface area contributed by atoms with Gasteiger partial charge in [-0.1, -0.05) is 127 Å². The summed E-state index contributed by atoms with van der Waals surface area (Å²) in [4.78, 5) is 24.9. The number of hydrogen-bond donors (Lipinski definition) is 2. The average Bonchev–Trinajstić information content (AvgIpc) is 3.70. The van der Waals surface area contributed by atoms with Crippen molar-refractivity contribution in [2.45, 2.75) is 6.61 Å². The molecule has 242 valence electrons. The zero-order valence-electron chi connectivity index (χ0n) is 26.3. The van der Waals surface area contributed by atoms with E-state index in [4.69, 9.17) is 15.6 Å². The zero-order chi connectivity index (χ0) is 34.0. The minimum absolute atomic E-state index is 0.0394. The van der Waals surface area contributed by atoms with Crippen LogP contribution >= 0.6 is 0 Å². The fraction of sp³-hybridized carbons (Fsp3) is 0.0256. The lowest BCUT2D eigenvalue weighted by Gasteiger charge is -2.11. The van der Waals surface area contributed by atoms with E-state index < -0.39 is 4.92 Å². The Morgan fingerprint density at radius 2 is 1.08 bits per heavy atom. The van der Waals surface area contributed by atoms with Crippen molar-refractivity contribution in [3.05, 3.63) is 179 Å². The van der Waals surface area contributed by atoms with Crippen LogP contribution in [0.25, 0.3) is 44.8 Å². The summed E-state index contributed by atoms with van der Waals surface area (Å²) < 4.78 is 2.96. The number of benzene rings is 6. The van der Waals surface area contributed by atoms with Crippen LogP contribution in [-0.2, 0) is 6.61 Å². The molecule has 0 aliphatic rings. The van der Waals surface area contributed by atoms with Gasteiger partial charge in [0.2, 0.25) is 0 Å². The Kier molecular flexibility index (Phi) is 9.87. The summed E-state index contributed by atoms with van der Waals surface area (Å²) >= 11 is 0. The number of nitro benzene ring substituents is 1. The molecule has 0 atom stereocenters. The predicted molar refractivity (Wildman–Crippen MR) is 192 cm³/mol. The second kappa shape index (κ2) is 15.1. The van der Waals surface area contributed by atoms with Gasteiger partial charge in [0, 0.05) is 17.2 Å². The first-order valence-electron chi connectivity index (χ1n) is 15.4. The van der Waals surface area contributed by atoms with Crippen LogP contribution in [0.2, 0.25) is 0 Å². The van der Waals surface area contributed by atoms with Gasteiger partial charge in [-0.25, -0.2) is 9.97 Å². The Morgan fingerprint density at radius 3 is 1.65 bits per heavy atom. The molecule has 0 unspecified atom stereocenters. The number of nitrogens with two attached hydrogens (primary N) is 1. The van der Waals surface area contributed by atoms with Gasteiger partial charge in [0.05, 0.1) is 16.0 Å². The molecule has 0 fully saturated rings. The Balaban J connectivity index is 0.000000139. The molecule has 0 saturated heterocycles. The van der Waals surface area contributed by atoms with Gasteiger partial charge in [-0.15, -0.1) is 0 Å². The highest BCUT2D eigenvalue weighted by atomic mass is 16.7. The minimum Gasteiger partial charge on any atom is -0.426 e. The van der Waals surface area contributed by atoms with E-state index in [9.17, 15) is 15.3 Å². The molecule has 10 nitrogen and oxygen atoms in total. The lowest BCUT2D eigenvalue weighted by atomic mass is 10.2. The van der Waals surface area contributed by atoms with Crippen LogP contribution in [0.4, 0.5) is 11.4 Å². The number of imidazole rings is 2. The largest absolute Gasteiger partial charge is 0.426 e. The highest BCUT2D eigenvalue weighted by Crippen LogP contribution is 2.25. The minimum atomic E-state index is -0.505. The summed E-state index contributed by atoms with van der Waals surface area (Å²) in [6, 6.07) is 51.5. The summed E-state index contributed by atoms with van der Waals surface area (Å²) in [7, 11) is 0. The topological polar surface area (TPSA) is 134 Å². The molecule has 2 heterocycles. The number of para-hydroxylation sites is 6. The number of nitrogen functional groups attached to an aromatic ring is 1. The molecule has 2 aromatic heterocycles. The zero-order valence-corrected chi connectivity index (χ0v) is 26.3. The van der Waals surface area contributed by atoms with E-state index in [1.54, 1.807) is 12.1 Å². The molecular formula is C39H32N6O4. The summed E-state index contributed by atoms with van der Waals surface area (Å²) in [5, 5.41) is 20.1. The maximum absolute atomic E-state index is 10.1. The summed E-state index contributed by atoms with van der Waals surface area (Å²) in [6.07, 6.45) is 0. The van der Waals surface area contributed by atoms with Gasteiger partial charge in [0.25, 0.3) is 5.69 Å². The van der Waals surface area contributed by atoms with Crippen molar-refractivity contribution in [3.63, 3.8) is 0 Å². The van der Waals surface area contributed by atoms with Crippen molar-refractivity contribution in [2.24, 2.45) is 0 Å². The van der Waals surface area contributed by atoms with E-state index in [2.05, 4.69) is 17.1 Å². The molecule has 8 rings (SSSR count). The number of fused-ring (bicyclic) bond motifs is 2. The third-order valence-electron chi connectivity index (χ3n) is 7.46. The highest BCUT2D eigenvalue weighted by Gasteiger charge is 2.14. The maximum atomic E-state index is 10.1. The second-order valence-corrected chi connectivity index (χ2v) is 10.8. The number of anilines is 1. The fourth-order valence-electron chi connectivity index (χ4n) is 5.06. The molecule has 0 bridgehead atoms. The molecule has 0 radical (unpaired) electrons. The van der Waals surface area contributed by atoms with Crippen molar-refractivity contribution in [1.29, 1.82) is 0 Å². The van der Waals surface area contributed by atoms with Crippen molar-refractivity contribution in [1.82, 2.24) is 19.4 Å². The Hall–Kier alpha value is -6.94. The van der Waals surface area contributed by atoms with Crippen molar-refractivity contribution in [2.75, 3.05) is 5.73 Å². The van der Waals surface area contributed by atoms with E-state index in [1.165, 1.54) is 12.1 Å². The van der Waals surface area contributed by atoms with Crippen LogP contribution in [0.3, 0.4) is 0 Å². The van der Waals surface area contributed by atoms with E-state index in [-0.39, 0.29) is 11.4 Å². The van der Waals surface area contributed by atoms with Gasteiger partial charge in [-0.3, -0.25) is 10.1 Å². The van der Waals surface area contributed by atoms with Gasteiger partial charge >= 0.3 is 0 Å². The van der Waals surface area contributed by atoms with Gasteiger partial charge in [-0.05, 0) is 35.9 Å². The number of aromatic nitrogens is 4. The maximum Gasteiger partial charge on any atom is 0.292 e. The Bertz CT molecular complexity index is 2290. The first-order valence-corrected chi connectivity index (χ1v) is 15.4. The van der Waals surface area contributed by atoms with Gasteiger partial charge in [-0.2, -0.15) is 9.46 Å². The van der Waals surface area contributed by atoms with E-state index in [0.29, 0.717) is 12.4 Å². The molecule has 3 N–H and O–H groups in total. The molecule has 0 spiro atoms. The number of rotatable bonds is 6. The SMILES string of the molecule is Nc1ccccc1[N+](=O)[O-].On1c(-c2ccccc2)nc2ccccc21.c1ccc(COn2c(-c3ccccc3)nc3ccccc32)cc1. The quantitative estimate of drug-likeness (QED) is 0.0800. The summed E-state index contributed by atoms with van der Waals surface area (Å²) in [5.74, 6) is 1.39. The van der Waals surface area contributed by atoms with Crippen LogP contribution in [-0.4, -0.2) is 29.6 Å². The van der Waals surface area contributed by atoms with Crippen molar-refractivity contribution < 1.29 is 15.0 Å². The number of nitrogens with zero attached hydrogens (tertiary/aromatic N) is 5. The lowest BCUT2D eigenvalue weighted by Crippen LogP contribution is -2.12. The van der Waals surface area contributed by atoms with Crippen LogP contribution in [0.15, 0.2) is 164 Å². The first-order chi connectivity index (χ1) is 24.0. The molecule has 49 heavy (non-hydrogen) atoms. The van der Waals surface area contributed by atoms with E-state index in [1.807, 2.05) is 132 Å². The third kappa shape index (κ3) is 7.55. The van der Waals surface area contributed by atoms with Gasteiger partial charge in [0.1, 0.15) is 23.3 Å². The second-order valence-electron chi connectivity index (χ2n) is 10.8. The van der Waals surface area contributed by atoms with Crippen LogP contribution in [0.5, 0.6) is 0 Å². The lowest BCUT2D eigenvalue weighted by molar-refractivity contribution is -0.383. The highest BCUT2D eigenvalue weighted by molar-refractivity contribution is 5.81. The summed E-state index contributed by atoms with van der Waals surface area (Å²) in [5.41, 5.74) is 11.9. The van der Waals surface area contributed by atoms with Crippen LogP contribution in [0.1, 0.15) is 5.56 Å². The fourth-order valence-corrected chi connectivity index (χ4v) is 5.06. The van der Waals surface area contributed by atoms with Crippen molar-refractivity contribution in [3.8, 4) is 22.8 Å². The Morgan fingerprint density at radius 1 is 0.612 bits per heavy atom. The van der Waals surface area contributed by atoms with E-state index in [0.717, 1.165) is 49.3 Å². The molecule has 10 heteroatoms. The molecule has 0 aliphatic heterocycles. The van der Waals surface area contributed by atoms with Crippen LogP contribution < -0.4 is 10.6 Å². The van der Waals surface area contributed by atoms with E-state index >= 15 is 0 Å². The molecule has 0 saturated carbocycles. The smallest absolute Gasteiger partial charge is 0.292 e. The molecular weight excluding hydrogens is 616 g/mol. The summed E-state index contributed by atoms with van der Waals surface area (Å²) in [6.45, 7) is 0.501. The monoisotopic (exact) mass is 648 g/mol. The predicted octanol–water partition coefficient (Wildman–Crippen LogP) is 8.45. The number of hydrogen-bond acceptors (Lipinski definition) is 7. The Labute approximate surface area is 282 Å². The normalized spacial score (nSPS) is 10.4. The first kappa shape index (κ1) is 32.0. The average molecular weight is 649 g/mol. The third-order valence-corrected chi connectivity index (χ3v) is 7.46. The van der Waals surface area contributed by atoms with Crippen LogP contribution in [0, 0.1) is 10.1 Å².